The summed E-state index contributed by atoms with van der Waals surface area (Å²) in [6, 6.07) is 17.9. The fraction of sp³-hybridized carbons (Fsp3) is 0.160. The van der Waals surface area contributed by atoms with Crippen LogP contribution in [0.2, 0.25) is 5.02 Å². The van der Waals surface area contributed by atoms with Crippen molar-refractivity contribution in [2.75, 3.05) is 0 Å². The van der Waals surface area contributed by atoms with Crippen molar-refractivity contribution >= 4 is 33.6 Å². The molecule has 0 radical (unpaired) electrons. The summed E-state index contributed by atoms with van der Waals surface area (Å²) in [5, 5.41) is 0.417. The predicted octanol–water partition coefficient (Wildman–Crippen LogP) is 6.02. The second-order valence-corrected chi connectivity index (χ2v) is 10.4. The Hall–Kier alpha value is -3.09. The Morgan fingerprint density at radius 1 is 0.938 bits per heavy atom. The van der Waals surface area contributed by atoms with Crippen molar-refractivity contribution in [3.8, 4) is 11.5 Å². The molecule has 0 spiro atoms. The minimum Gasteiger partial charge on any atom is -0.452 e. The van der Waals surface area contributed by atoms with Crippen LogP contribution in [0.4, 0.5) is 0 Å². The zero-order chi connectivity index (χ0) is 23.1. The van der Waals surface area contributed by atoms with Gasteiger partial charge in [-0.2, -0.15) is 8.42 Å². The average molecular weight is 469 g/mol. The molecule has 0 unspecified atom stereocenters. The van der Waals surface area contributed by atoms with E-state index in [0.717, 1.165) is 5.56 Å². The first kappa shape index (κ1) is 22.1. The number of rotatable bonds is 4. The lowest BCUT2D eigenvalue weighted by atomic mass is 9.86. The Kier molecular flexibility index (Phi) is 5.61. The molecule has 5 nitrogen and oxygen atoms in total. The molecule has 0 saturated carbocycles. The summed E-state index contributed by atoms with van der Waals surface area (Å²) in [6.45, 7) is 6.40. The highest BCUT2D eigenvalue weighted by Gasteiger charge is 2.28. The van der Waals surface area contributed by atoms with Crippen molar-refractivity contribution in [3.05, 3.63) is 94.2 Å². The third kappa shape index (κ3) is 4.56. The van der Waals surface area contributed by atoms with Crippen molar-refractivity contribution < 1.29 is 22.1 Å². The second-order valence-electron chi connectivity index (χ2n) is 8.46. The van der Waals surface area contributed by atoms with Crippen molar-refractivity contribution in [1.82, 2.24) is 0 Å². The molecule has 0 N–H and O–H groups in total. The molecule has 4 rings (SSSR count). The van der Waals surface area contributed by atoms with E-state index in [2.05, 4.69) is 20.8 Å². The van der Waals surface area contributed by atoms with Crippen LogP contribution in [0, 0.1) is 0 Å². The first-order chi connectivity index (χ1) is 15.0. The highest BCUT2D eigenvalue weighted by Crippen LogP contribution is 2.36. The molecule has 1 aliphatic heterocycles. The largest absolute Gasteiger partial charge is 0.452 e. The van der Waals surface area contributed by atoms with Gasteiger partial charge >= 0.3 is 10.1 Å². The van der Waals surface area contributed by atoms with E-state index in [0.29, 0.717) is 10.6 Å². The molecule has 0 aliphatic carbocycles. The predicted molar refractivity (Wildman–Crippen MR) is 124 cm³/mol. The number of hydrogen-bond acceptors (Lipinski definition) is 5. The quantitative estimate of drug-likeness (QED) is 0.346. The third-order valence-electron chi connectivity index (χ3n) is 5.02. The zero-order valence-electron chi connectivity index (χ0n) is 17.8. The molecule has 3 aromatic rings. The minimum atomic E-state index is -4.05. The fourth-order valence-electron chi connectivity index (χ4n) is 3.23. The summed E-state index contributed by atoms with van der Waals surface area (Å²) in [4.78, 5) is 12.7. The summed E-state index contributed by atoms with van der Waals surface area (Å²) < 4.78 is 35.9. The number of fused-ring (bicyclic) bond motifs is 1. The number of ether oxygens (including phenoxy) is 1. The summed E-state index contributed by atoms with van der Waals surface area (Å²) in [5.41, 5.74) is 2.39. The van der Waals surface area contributed by atoms with Gasteiger partial charge in [0.25, 0.3) is 0 Å². The van der Waals surface area contributed by atoms with Gasteiger partial charge in [0, 0.05) is 11.1 Å². The Balaban J connectivity index is 1.56. The van der Waals surface area contributed by atoms with E-state index in [1.54, 1.807) is 6.08 Å². The normalized spacial score (nSPS) is 14.9. The molecule has 1 aliphatic rings. The van der Waals surface area contributed by atoms with Gasteiger partial charge in [-0.3, -0.25) is 4.79 Å². The van der Waals surface area contributed by atoms with Crippen LogP contribution >= 0.6 is 11.6 Å². The van der Waals surface area contributed by atoms with Crippen LogP contribution in [0.1, 0.15) is 42.3 Å². The molecule has 0 atom stereocenters. The topological polar surface area (TPSA) is 69.7 Å². The highest BCUT2D eigenvalue weighted by molar-refractivity contribution is 7.87. The molecule has 164 valence electrons. The number of hydrogen-bond donors (Lipinski definition) is 0. The maximum absolute atomic E-state index is 12.7. The van der Waals surface area contributed by atoms with E-state index in [4.69, 9.17) is 20.5 Å². The molecule has 3 aromatic carbocycles. The number of carbonyl (C=O) groups excluding carboxylic acids is 1. The number of allylic oxidation sites excluding steroid dienone is 1. The van der Waals surface area contributed by atoms with Crippen LogP contribution in [-0.2, 0) is 15.5 Å². The Morgan fingerprint density at radius 2 is 1.59 bits per heavy atom. The molecule has 0 bridgehead atoms. The number of ketones is 1. The van der Waals surface area contributed by atoms with Gasteiger partial charge in [0.15, 0.2) is 5.76 Å². The van der Waals surface area contributed by atoms with Gasteiger partial charge in [0.05, 0.1) is 5.56 Å². The van der Waals surface area contributed by atoms with Gasteiger partial charge in [0.1, 0.15) is 16.4 Å². The van der Waals surface area contributed by atoms with E-state index in [1.165, 1.54) is 48.0 Å². The number of benzene rings is 3. The van der Waals surface area contributed by atoms with Crippen LogP contribution in [0.3, 0.4) is 0 Å². The van der Waals surface area contributed by atoms with E-state index < -0.39 is 10.1 Å². The molecular formula is C25H21ClO5S. The number of Topliss-reactive ketones (excluding diaryl/α,β-unsaturated/α-hetero) is 1. The van der Waals surface area contributed by atoms with Crippen molar-refractivity contribution in [3.63, 3.8) is 0 Å². The van der Waals surface area contributed by atoms with Gasteiger partial charge in [-0.05, 0) is 59.0 Å². The van der Waals surface area contributed by atoms with Crippen molar-refractivity contribution in [1.29, 1.82) is 0 Å². The van der Waals surface area contributed by atoms with Crippen LogP contribution in [0.25, 0.3) is 6.08 Å². The minimum absolute atomic E-state index is 0.0290. The van der Waals surface area contributed by atoms with E-state index in [1.807, 2.05) is 24.3 Å². The van der Waals surface area contributed by atoms with Crippen molar-refractivity contribution in [2.24, 2.45) is 0 Å². The lowest BCUT2D eigenvalue weighted by Crippen LogP contribution is -2.10. The summed E-state index contributed by atoms with van der Waals surface area (Å²) in [7, 11) is -4.05. The van der Waals surface area contributed by atoms with E-state index in [9.17, 15) is 13.2 Å². The fourth-order valence-corrected chi connectivity index (χ4v) is 4.27. The van der Waals surface area contributed by atoms with E-state index >= 15 is 0 Å². The standard InChI is InChI=1S/C25H21ClO5S/c1-25(2,3)17-6-4-16(5-7-17)14-23-24(27)21-13-10-19(15-22(21)30-23)31-32(28,29)20-11-8-18(26)9-12-20/h4-15H,1-3H3. The molecule has 0 fully saturated rings. The van der Waals surface area contributed by atoms with Crippen LogP contribution in [0.5, 0.6) is 11.5 Å². The maximum Gasteiger partial charge on any atom is 0.339 e. The molecule has 1 heterocycles. The van der Waals surface area contributed by atoms with Gasteiger partial charge < -0.3 is 8.92 Å². The molecule has 0 amide bonds. The van der Waals surface area contributed by atoms with Gasteiger partial charge in [-0.15, -0.1) is 0 Å². The average Bonchev–Trinajstić information content (AvgIpc) is 3.02. The van der Waals surface area contributed by atoms with Crippen LogP contribution in [0.15, 0.2) is 77.4 Å². The van der Waals surface area contributed by atoms with Gasteiger partial charge in [-0.25, -0.2) is 0 Å². The van der Waals surface area contributed by atoms with Gasteiger partial charge in [-0.1, -0.05) is 56.6 Å². The molecular weight excluding hydrogens is 448 g/mol. The molecule has 32 heavy (non-hydrogen) atoms. The van der Waals surface area contributed by atoms with Crippen LogP contribution < -0.4 is 8.92 Å². The second kappa shape index (κ2) is 8.11. The summed E-state index contributed by atoms with van der Waals surface area (Å²) >= 11 is 5.81. The Bertz CT molecular complexity index is 1320. The molecule has 0 aromatic heterocycles. The smallest absolute Gasteiger partial charge is 0.339 e. The summed E-state index contributed by atoms with van der Waals surface area (Å²) in [6.07, 6.45) is 1.67. The monoisotopic (exact) mass is 468 g/mol. The van der Waals surface area contributed by atoms with E-state index in [-0.39, 0.29) is 33.4 Å². The van der Waals surface area contributed by atoms with Crippen LogP contribution in [-0.4, -0.2) is 14.2 Å². The highest BCUT2D eigenvalue weighted by atomic mass is 35.5. The van der Waals surface area contributed by atoms with Crippen molar-refractivity contribution in [2.45, 2.75) is 31.1 Å². The Morgan fingerprint density at radius 3 is 2.22 bits per heavy atom. The molecule has 7 heteroatoms. The number of halogens is 1. The first-order valence-corrected chi connectivity index (χ1v) is 11.7. The molecule has 0 saturated heterocycles. The SMILES string of the molecule is CC(C)(C)c1ccc(C=C2Oc3cc(OS(=O)(=O)c4ccc(Cl)cc4)ccc3C2=O)cc1. The first-order valence-electron chi connectivity index (χ1n) is 9.92. The summed E-state index contributed by atoms with van der Waals surface area (Å²) in [5.74, 6) is 0.187. The lowest BCUT2D eigenvalue weighted by Gasteiger charge is -2.18. The lowest BCUT2D eigenvalue weighted by molar-refractivity contribution is 0.101. The van der Waals surface area contributed by atoms with Gasteiger partial charge in [0.2, 0.25) is 5.78 Å². The maximum atomic E-state index is 12.7. The number of carbonyl (C=O) groups is 1. The zero-order valence-corrected chi connectivity index (χ0v) is 19.3. The third-order valence-corrected chi connectivity index (χ3v) is 6.54. The Labute approximate surface area is 192 Å².